The highest BCUT2D eigenvalue weighted by molar-refractivity contribution is 6.31. The molecule has 0 bridgehead atoms. The molecule has 1 aliphatic carbocycles. The van der Waals surface area contributed by atoms with Crippen molar-refractivity contribution in [3.05, 3.63) is 16.9 Å². The summed E-state index contributed by atoms with van der Waals surface area (Å²) >= 11 is 6.24. The first-order valence-corrected chi connectivity index (χ1v) is 6.51. The van der Waals surface area contributed by atoms with Crippen LogP contribution in [-0.2, 0) is 11.3 Å². The Kier molecular flexibility index (Phi) is 4.42. The molecule has 0 aromatic carbocycles. The topological polar surface area (TPSA) is 39.1 Å². The summed E-state index contributed by atoms with van der Waals surface area (Å²) in [5.74, 6) is 0.856. The van der Waals surface area contributed by atoms with Gasteiger partial charge in [-0.05, 0) is 19.4 Å². The van der Waals surface area contributed by atoms with E-state index in [4.69, 9.17) is 16.3 Å². The minimum atomic E-state index is 0.300. The van der Waals surface area contributed by atoms with Crippen LogP contribution in [0.25, 0.3) is 0 Å². The number of nitrogens with one attached hydrogen (secondary N) is 1. The van der Waals surface area contributed by atoms with Crippen molar-refractivity contribution in [2.45, 2.75) is 31.8 Å². The fraction of sp³-hybridized carbons (Fsp3) is 0.750. The number of methoxy groups -OCH3 is 1. The van der Waals surface area contributed by atoms with Gasteiger partial charge in [0.25, 0.3) is 0 Å². The van der Waals surface area contributed by atoms with Crippen LogP contribution in [0.1, 0.15) is 31.0 Å². The molecule has 2 rings (SSSR count). The second-order valence-electron chi connectivity index (χ2n) is 4.61. The second kappa shape index (κ2) is 5.85. The molecule has 1 aliphatic rings. The van der Waals surface area contributed by atoms with E-state index in [-0.39, 0.29) is 0 Å². The largest absolute Gasteiger partial charge is 0.383 e. The standard InChI is InChI=1S/C12H20ClN3O/c1-14-11(7-9-3-4-9)12-10(13)8-15-16(12)5-6-17-2/h8-9,11,14H,3-7H2,1-2H3. The number of halogens is 1. The molecule has 1 saturated carbocycles. The van der Waals surface area contributed by atoms with E-state index in [0.29, 0.717) is 12.6 Å². The Morgan fingerprint density at radius 2 is 2.41 bits per heavy atom. The van der Waals surface area contributed by atoms with Gasteiger partial charge in [-0.3, -0.25) is 4.68 Å². The van der Waals surface area contributed by atoms with E-state index in [2.05, 4.69) is 10.4 Å². The van der Waals surface area contributed by atoms with Crippen LogP contribution >= 0.6 is 11.6 Å². The Morgan fingerprint density at radius 1 is 1.65 bits per heavy atom. The van der Waals surface area contributed by atoms with Crippen LogP contribution in [0.4, 0.5) is 0 Å². The molecule has 1 heterocycles. The zero-order valence-corrected chi connectivity index (χ0v) is 11.2. The predicted octanol–water partition coefficient (Wildman–Crippen LogP) is 2.24. The smallest absolute Gasteiger partial charge is 0.0834 e. The summed E-state index contributed by atoms with van der Waals surface area (Å²) in [4.78, 5) is 0. The van der Waals surface area contributed by atoms with Gasteiger partial charge in [0, 0.05) is 7.11 Å². The lowest BCUT2D eigenvalue weighted by atomic mass is 10.1. The zero-order chi connectivity index (χ0) is 12.3. The predicted molar refractivity (Wildman–Crippen MR) is 68.3 cm³/mol. The third-order valence-electron chi connectivity index (χ3n) is 3.28. The van der Waals surface area contributed by atoms with Crippen molar-refractivity contribution in [1.29, 1.82) is 0 Å². The Labute approximate surface area is 107 Å². The number of rotatable bonds is 7. The Morgan fingerprint density at radius 3 is 3.00 bits per heavy atom. The van der Waals surface area contributed by atoms with Crippen molar-refractivity contribution in [3.63, 3.8) is 0 Å². The lowest BCUT2D eigenvalue weighted by Crippen LogP contribution is -2.22. The van der Waals surface area contributed by atoms with E-state index in [1.54, 1.807) is 13.3 Å². The number of aromatic nitrogens is 2. The Bertz CT molecular complexity index is 363. The molecule has 0 aliphatic heterocycles. The Hall–Kier alpha value is -0.580. The molecule has 0 spiro atoms. The Balaban J connectivity index is 2.11. The molecule has 0 radical (unpaired) electrons. The number of hydrogen-bond donors (Lipinski definition) is 1. The van der Waals surface area contributed by atoms with Crippen LogP contribution in [-0.4, -0.2) is 30.5 Å². The number of nitrogens with zero attached hydrogens (tertiary/aromatic N) is 2. The summed E-state index contributed by atoms with van der Waals surface area (Å²) in [6, 6.07) is 0.300. The van der Waals surface area contributed by atoms with Crippen molar-refractivity contribution in [2.24, 2.45) is 5.92 Å². The fourth-order valence-electron chi connectivity index (χ4n) is 2.13. The maximum atomic E-state index is 6.24. The van der Waals surface area contributed by atoms with Gasteiger partial charge in [0.2, 0.25) is 0 Å². The molecule has 4 nitrogen and oxygen atoms in total. The normalized spacial score (nSPS) is 17.4. The van der Waals surface area contributed by atoms with Crippen molar-refractivity contribution < 1.29 is 4.74 Å². The monoisotopic (exact) mass is 257 g/mol. The van der Waals surface area contributed by atoms with E-state index >= 15 is 0 Å². The maximum Gasteiger partial charge on any atom is 0.0834 e. The van der Waals surface area contributed by atoms with Crippen LogP contribution in [0.2, 0.25) is 5.02 Å². The maximum absolute atomic E-state index is 6.24. The van der Waals surface area contributed by atoms with E-state index in [9.17, 15) is 0 Å². The quantitative estimate of drug-likeness (QED) is 0.814. The van der Waals surface area contributed by atoms with E-state index in [0.717, 1.165) is 29.6 Å². The molecule has 17 heavy (non-hydrogen) atoms. The first-order valence-electron chi connectivity index (χ1n) is 6.13. The zero-order valence-electron chi connectivity index (χ0n) is 10.4. The molecule has 5 heteroatoms. The summed E-state index contributed by atoms with van der Waals surface area (Å²) in [5, 5.41) is 8.41. The molecular formula is C12H20ClN3O. The number of ether oxygens (including phenoxy) is 1. The van der Waals surface area contributed by atoms with Crippen LogP contribution in [0.15, 0.2) is 6.20 Å². The van der Waals surface area contributed by atoms with E-state index in [1.807, 2.05) is 11.7 Å². The minimum absolute atomic E-state index is 0.300. The molecule has 1 N–H and O–H groups in total. The fourth-order valence-corrected chi connectivity index (χ4v) is 2.40. The SMILES string of the molecule is CNC(CC1CC1)c1c(Cl)cnn1CCOC. The van der Waals surface area contributed by atoms with Crippen molar-refractivity contribution >= 4 is 11.6 Å². The average Bonchev–Trinajstić information content (AvgIpc) is 3.08. The molecule has 1 aromatic heterocycles. The van der Waals surface area contributed by atoms with Gasteiger partial charge < -0.3 is 10.1 Å². The lowest BCUT2D eigenvalue weighted by Gasteiger charge is -2.18. The summed E-state index contributed by atoms with van der Waals surface area (Å²) < 4.78 is 7.05. The summed E-state index contributed by atoms with van der Waals surface area (Å²) in [6.07, 6.45) is 5.57. The van der Waals surface area contributed by atoms with Crippen LogP contribution < -0.4 is 5.32 Å². The summed E-state index contributed by atoms with van der Waals surface area (Å²) in [5.41, 5.74) is 1.10. The highest BCUT2D eigenvalue weighted by Gasteiger charge is 2.28. The minimum Gasteiger partial charge on any atom is -0.383 e. The summed E-state index contributed by atoms with van der Waals surface area (Å²) in [6.45, 7) is 1.41. The van der Waals surface area contributed by atoms with Gasteiger partial charge in [0.15, 0.2) is 0 Å². The van der Waals surface area contributed by atoms with Crippen LogP contribution in [0.5, 0.6) is 0 Å². The first kappa shape index (κ1) is 12.9. The van der Waals surface area contributed by atoms with Crippen molar-refractivity contribution in [3.8, 4) is 0 Å². The third-order valence-corrected chi connectivity index (χ3v) is 3.58. The van der Waals surface area contributed by atoms with Crippen LogP contribution in [0.3, 0.4) is 0 Å². The second-order valence-corrected chi connectivity index (χ2v) is 5.02. The van der Waals surface area contributed by atoms with Gasteiger partial charge in [0.1, 0.15) is 0 Å². The van der Waals surface area contributed by atoms with Gasteiger partial charge in [0.05, 0.1) is 36.1 Å². The molecule has 96 valence electrons. The van der Waals surface area contributed by atoms with Crippen LogP contribution in [0, 0.1) is 5.92 Å². The molecule has 1 atom stereocenters. The van der Waals surface area contributed by atoms with Gasteiger partial charge in [-0.2, -0.15) is 5.10 Å². The van der Waals surface area contributed by atoms with E-state index in [1.165, 1.54) is 12.8 Å². The highest BCUT2D eigenvalue weighted by Crippen LogP contribution is 2.38. The highest BCUT2D eigenvalue weighted by atomic mass is 35.5. The van der Waals surface area contributed by atoms with Crippen molar-refractivity contribution in [1.82, 2.24) is 15.1 Å². The first-order chi connectivity index (χ1) is 8.26. The van der Waals surface area contributed by atoms with Gasteiger partial charge in [-0.25, -0.2) is 0 Å². The van der Waals surface area contributed by atoms with E-state index < -0.39 is 0 Å². The molecule has 0 saturated heterocycles. The lowest BCUT2D eigenvalue weighted by molar-refractivity contribution is 0.181. The van der Waals surface area contributed by atoms with Gasteiger partial charge in [-0.1, -0.05) is 24.4 Å². The third kappa shape index (κ3) is 3.21. The van der Waals surface area contributed by atoms with Crippen molar-refractivity contribution in [2.75, 3.05) is 20.8 Å². The number of hydrogen-bond acceptors (Lipinski definition) is 3. The molecule has 1 fully saturated rings. The summed E-state index contributed by atoms with van der Waals surface area (Å²) in [7, 11) is 3.68. The molecule has 1 unspecified atom stereocenters. The average molecular weight is 258 g/mol. The molecular weight excluding hydrogens is 238 g/mol. The van der Waals surface area contributed by atoms with Gasteiger partial charge in [-0.15, -0.1) is 0 Å². The molecule has 0 amide bonds. The van der Waals surface area contributed by atoms with Gasteiger partial charge >= 0.3 is 0 Å². The molecule has 1 aromatic rings.